The normalized spacial score (nSPS) is 11.4. The molecule has 0 saturated heterocycles. The molecule has 14 heavy (non-hydrogen) atoms. The van der Waals surface area contributed by atoms with Crippen LogP contribution in [0.15, 0.2) is 0 Å². The second-order valence-corrected chi connectivity index (χ2v) is 3.60. The lowest BCUT2D eigenvalue weighted by atomic mass is 9.98. The van der Waals surface area contributed by atoms with Crippen molar-refractivity contribution in [2.24, 2.45) is 0 Å². The minimum absolute atomic E-state index is 0.0792. The summed E-state index contributed by atoms with van der Waals surface area (Å²) < 4.78 is 9.71. The average molecular weight is 202 g/mol. The van der Waals surface area contributed by atoms with E-state index in [0.717, 1.165) is 0 Å². The Bertz CT molecular complexity index is 208. The molecular weight excluding hydrogens is 184 g/mol. The van der Waals surface area contributed by atoms with Crippen LogP contribution in [0.4, 0.5) is 0 Å². The molecule has 4 nitrogen and oxygen atoms in total. The van der Waals surface area contributed by atoms with E-state index in [4.69, 9.17) is 9.47 Å². The number of rotatable bonds is 7. The van der Waals surface area contributed by atoms with Gasteiger partial charge in [-0.3, -0.25) is 9.59 Å². The first-order valence-electron chi connectivity index (χ1n) is 4.53. The van der Waals surface area contributed by atoms with E-state index < -0.39 is 5.60 Å². The molecule has 0 saturated carbocycles. The monoisotopic (exact) mass is 202 g/mol. The van der Waals surface area contributed by atoms with E-state index in [-0.39, 0.29) is 24.4 Å². The number of ketones is 2. The van der Waals surface area contributed by atoms with E-state index in [9.17, 15) is 9.59 Å². The van der Waals surface area contributed by atoms with Crippen molar-refractivity contribution in [1.29, 1.82) is 0 Å². The number of carbonyl (C=O) groups excluding carboxylic acids is 2. The fraction of sp³-hybridized carbons (Fsp3) is 0.800. The van der Waals surface area contributed by atoms with Crippen LogP contribution < -0.4 is 0 Å². The van der Waals surface area contributed by atoms with Gasteiger partial charge in [0.05, 0.1) is 13.0 Å². The molecule has 0 unspecified atom stereocenters. The lowest BCUT2D eigenvalue weighted by Crippen LogP contribution is -2.35. The van der Waals surface area contributed by atoms with Crippen LogP contribution in [-0.4, -0.2) is 38.0 Å². The van der Waals surface area contributed by atoms with Crippen molar-refractivity contribution < 1.29 is 19.1 Å². The van der Waals surface area contributed by atoms with Crippen molar-refractivity contribution in [3.63, 3.8) is 0 Å². The largest absolute Gasteiger partial charge is 0.384 e. The van der Waals surface area contributed by atoms with Crippen LogP contribution in [0, 0.1) is 0 Å². The first-order chi connectivity index (χ1) is 6.44. The first-order valence-corrected chi connectivity index (χ1v) is 4.53. The Balaban J connectivity index is 4.00. The van der Waals surface area contributed by atoms with Crippen molar-refractivity contribution in [3.8, 4) is 0 Å². The topological polar surface area (TPSA) is 52.6 Å². The van der Waals surface area contributed by atoms with Gasteiger partial charge in [0.2, 0.25) is 0 Å². The van der Waals surface area contributed by atoms with Gasteiger partial charge in [-0.05, 0) is 13.8 Å². The van der Waals surface area contributed by atoms with Crippen LogP contribution in [0.1, 0.15) is 26.7 Å². The van der Waals surface area contributed by atoms with Gasteiger partial charge in [-0.2, -0.15) is 0 Å². The molecule has 0 aromatic heterocycles. The minimum atomic E-state index is -0.872. The van der Waals surface area contributed by atoms with Crippen LogP contribution in [0.25, 0.3) is 0 Å². The van der Waals surface area contributed by atoms with Crippen LogP contribution in [0.2, 0.25) is 0 Å². The molecule has 0 aliphatic heterocycles. The number of hydrogen-bond donors (Lipinski definition) is 0. The number of carbonyl (C=O) groups is 2. The SMILES string of the molecule is COCCC(=O)CC(=O)C(C)(C)OC. The lowest BCUT2D eigenvalue weighted by molar-refractivity contribution is -0.140. The van der Waals surface area contributed by atoms with Crippen LogP contribution >= 0.6 is 0 Å². The molecule has 0 aliphatic rings. The van der Waals surface area contributed by atoms with E-state index in [1.807, 2.05) is 0 Å². The third kappa shape index (κ3) is 4.48. The fourth-order valence-corrected chi connectivity index (χ4v) is 0.810. The summed E-state index contributed by atoms with van der Waals surface area (Å²) in [5, 5.41) is 0. The fourth-order valence-electron chi connectivity index (χ4n) is 0.810. The summed E-state index contributed by atoms with van der Waals surface area (Å²) in [4.78, 5) is 22.7. The molecule has 4 heteroatoms. The molecule has 0 heterocycles. The Morgan fingerprint density at radius 1 is 1.21 bits per heavy atom. The number of Topliss-reactive ketones (excluding diaryl/α,β-unsaturated/α-hetero) is 2. The third-order valence-corrected chi connectivity index (χ3v) is 2.12. The molecule has 0 amide bonds. The summed E-state index contributed by atoms with van der Waals surface area (Å²) in [5.41, 5.74) is -0.872. The van der Waals surface area contributed by atoms with Crippen molar-refractivity contribution in [1.82, 2.24) is 0 Å². The molecular formula is C10H18O4. The van der Waals surface area contributed by atoms with E-state index in [1.54, 1.807) is 13.8 Å². The summed E-state index contributed by atoms with van der Waals surface area (Å²) in [6, 6.07) is 0. The summed E-state index contributed by atoms with van der Waals surface area (Å²) in [6.45, 7) is 3.66. The zero-order valence-electron chi connectivity index (χ0n) is 9.25. The second kappa shape index (κ2) is 5.88. The van der Waals surface area contributed by atoms with Gasteiger partial charge in [0.1, 0.15) is 11.4 Å². The Kier molecular flexibility index (Phi) is 5.57. The van der Waals surface area contributed by atoms with Gasteiger partial charge >= 0.3 is 0 Å². The Labute approximate surface area is 84.6 Å². The minimum Gasteiger partial charge on any atom is -0.384 e. The second-order valence-electron chi connectivity index (χ2n) is 3.60. The number of hydrogen-bond acceptors (Lipinski definition) is 4. The maximum atomic E-state index is 11.5. The molecule has 0 bridgehead atoms. The van der Waals surface area contributed by atoms with Gasteiger partial charge < -0.3 is 9.47 Å². The summed E-state index contributed by atoms with van der Waals surface area (Å²) in [6.07, 6.45) is 0.201. The molecule has 0 rings (SSSR count). The highest BCUT2D eigenvalue weighted by atomic mass is 16.5. The number of ether oxygens (including phenoxy) is 2. The average Bonchev–Trinajstić information content (AvgIpc) is 2.14. The van der Waals surface area contributed by atoms with E-state index >= 15 is 0 Å². The van der Waals surface area contributed by atoms with Gasteiger partial charge in [0.15, 0.2) is 5.78 Å². The lowest BCUT2D eigenvalue weighted by Gasteiger charge is -2.20. The highest BCUT2D eigenvalue weighted by Crippen LogP contribution is 2.12. The Hall–Kier alpha value is -0.740. The maximum absolute atomic E-state index is 11.5. The molecule has 82 valence electrons. The predicted octanol–water partition coefficient (Wildman–Crippen LogP) is 0.976. The van der Waals surface area contributed by atoms with Crippen LogP contribution in [0.5, 0.6) is 0 Å². The van der Waals surface area contributed by atoms with Gasteiger partial charge in [-0.15, -0.1) is 0 Å². The van der Waals surface area contributed by atoms with E-state index in [2.05, 4.69) is 0 Å². The van der Waals surface area contributed by atoms with Crippen molar-refractivity contribution in [2.75, 3.05) is 20.8 Å². The van der Waals surface area contributed by atoms with Crippen molar-refractivity contribution >= 4 is 11.6 Å². The van der Waals surface area contributed by atoms with Crippen molar-refractivity contribution in [3.05, 3.63) is 0 Å². The molecule has 0 aliphatic carbocycles. The molecule has 0 fully saturated rings. The Morgan fingerprint density at radius 2 is 1.79 bits per heavy atom. The first kappa shape index (κ1) is 13.3. The third-order valence-electron chi connectivity index (χ3n) is 2.12. The standard InChI is InChI=1S/C10H18O4/c1-10(2,14-4)9(12)7-8(11)5-6-13-3/h5-7H2,1-4H3. The zero-order chi connectivity index (χ0) is 11.2. The Morgan fingerprint density at radius 3 is 2.21 bits per heavy atom. The van der Waals surface area contributed by atoms with Crippen molar-refractivity contribution in [2.45, 2.75) is 32.3 Å². The van der Waals surface area contributed by atoms with Gasteiger partial charge in [0, 0.05) is 20.6 Å². The highest BCUT2D eigenvalue weighted by molar-refractivity contribution is 6.02. The van der Waals surface area contributed by atoms with Crippen LogP contribution in [0.3, 0.4) is 0 Å². The molecule has 0 atom stereocenters. The maximum Gasteiger partial charge on any atom is 0.171 e. The van der Waals surface area contributed by atoms with Gasteiger partial charge in [-0.25, -0.2) is 0 Å². The molecule has 0 radical (unpaired) electrons. The zero-order valence-corrected chi connectivity index (χ0v) is 9.25. The summed E-state index contributed by atoms with van der Waals surface area (Å²) >= 11 is 0. The van der Waals surface area contributed by atoms with E-state index in [0.29, 0.717) is 6.61 Å². The molecule has 0 N–H and O–H groups in total. The van der Waals surface area contributed by atoms with Gasteiger partial charge in [0.25, 0.3) is 0 Å². The quantitative estimate of drug-likeness (QED) is 0.577. The molecule has 0 aromatic rings. The smallest absolute Gasteiger partial charge is 0.171 e. The summed E-state index contributed by atoms with van der Waals surface area (Å²) in [5.74, 6) is -0.303. The van der Waals surface area contributed by atoms with Gasteiger partial charge in [-0.1, -0.05) is 0 Å². The number of methoxy groups -OCH3 is 2. The molecule has 0 spiro atoms. The van der Waals surface area contributed by atoms with Crippen LogP contribution in [-0.2, 0) is 19.1 Å². The summed E-state index contributed by atoms with van der Waals surface area (Å²) in [7, 11) is 2.98. The molecule has 0 aromatic carbocycles. The predicted molar refractivity (Wildman–Crippen MR) is 52.2 cm³/mol. The highest BCUT2D eigenvalue weighted by Gasteiger charge is 2.28. The van der Waals surface area contributed by atoms with E-state index in [1.165, 1.54) is 14.2 Å².